The van der Waals surface area contributed by atoms with E-state index in [4.69, 9.17) is 18.8 Å². The van der Waals surface area contributed by atoms with Gasteiger partial charge in [-0.2, -0.15) is 17.2 Å². The first-order valence-electron chi connectivity index (χ1n) is 12.2. The third kappa shape index (κ3) is 3.60. The molecule has 7 rings (SSSR count). The fourth-order valence-electron chi connectivity index (χ4n) is 8.90. The highest BCUT2D eigenvalue weighted by Gasteiger charge is 2.64. The number of hydrogen-bond donors (Lipinski definition) is 1. The summed E-state index contributed by atoms with van der Waals surface area (Å²) in [5.74, 6) is -2.04. The van der Waals surface area contributed by atoms with Crippen LogP contribution in [-0.2, 0) is 38.7 Å². The van der Waals surface area contributed by atoms with Crippen LogP contribution in [-0.4, -0.2) is 54.4 Å². The number of ether oxygens (including phenoxy) is 3. The maximum absolute atomic E-state index is 13.7. The van der Waals surface area contributed by atoms with Crippen molar-refractivity contribution in [3.05, 3.63) is 0 Å². The van der Waals surface area contributed by atoms with Crippen molar-refractivity contribution in [3.8, 4) is 0 Å². The van der Waals surface area contributed by atoms with Gasteiger partial charge in [-0.15, -0.1) is 0 Å². The molecule has 0 spiro atoms. The number of carbonyl (C=O) groups excluding carboxylic acids is 3. The summed E-state index contributed by atoms with van der Waals surface area (Å²) < 4.78 is 74.1. The third-order valence-corrected chi connectivity index (χ3v) is 10.4. The minimum absolute atomic E-state index is 0.0313. The molecule has 6 bridgehead atoms. The van der Waals surface area contributed by atoms with Gasteiger partial charge in [0.05, 0.1) is 18.9 Å². The second-order valence-corrected chi connectivity index (χ2v) is 13.4. The molecule has 35 heavy (non-hydrogen) atoms. The molecule has 6 saturated carbocycles. The van der Waals surface area contributed by atoms with E-state index in [1.54, 1.807) is 0 Å². The van der Waals surface area contributed by atoms with Crippen molar-refractivity contribution in [3.63, 3.8) is 0 Å². The fourth-order valence-corrected chi connectivity index (χ4v) is 9.17. The van der Waals surface area contributed by atoms with E-state index in [0.717, 1.165) is 19.3 Å². The summed E-state index contributed by atoms with van der Waals surface area (Å²) in [5.41, 5.74) is -1.46. The summed E-state index contributed by atoms with van der Waals surface area (Å²) >= 11 is 0. The van der Waals surface area contributed by atoms with Crippen LogP contribution in [0.1, 0.15) is 57.8 Å². The zero-order valence-electron chi connectivity index (χ0n) is 19.0. The highest BCUT2D eigenvalue weighted by atomic mass is 32.2. The topological polar surface area (TPSA) is 133 Å². The van der Waals surface area contributed by atoms with Crippen molar-refractivity contribution in [1.29, 1.82) is 0 Å². The molecule has 7 unspecified atom stereocenters. The zero-order valence-corrected chi connectivity index (χ0v) is 19.8. The molecule has 194 valence electrons. The van der Waals surface area contributed by atoms with E-state index in [-0.39, 0.29) is 60.0 Å². The van der Waals surface area contributed by atoms with E-state index in [2.05, 4.69) is 0 Å². The van der Waals surface area contributed by atoms with Crippen molar-refractivity contribution >= 4 is 28.0 Å². The number of carbonyl (C=O) groups is 3. The quantitative estimate of drug-likeness (QED) is 0.306. The second-order valence-electron chi connectivity index (χ2n) is 12.0. The Bertz CT molecular complexity index is 1070. The average molecular weight is 519 g/mol. The van der Waals surface area contributed by atoms with Crippen LogP contribution in [0.3, 0.4) is 0 Å². The molecule has 1 heterocycles. The van der Waals surface area contributed by atoms with Gasteiger partial charge in [0.15, 0.2) is 0 Å². The SMILES string of the molecule is O=C(CC1C2CC3C(=O)OC1C3C2)OC12CC3CC(CC(COC(=O)C(F)(F)S(=O)(=O)O)(C3)C1)C2. The largest absolute Gasteiger partial charge is 0.465 e. The smallest absolute Gasteiger partial charge is 0.462 e. The summed E-state index contributed by atoms with van der Waals surface area (Å²) in [4.78, 5) is 36.9. The molecular formula is C23H28F2O9S. The molecule has 1 aliphatic heterocycles. The number of halogens is 2. The van der Waals surface area contributed by atoms with E-state index in [1.165, 1.54) is 0 Å². The molecule has 9 nitrogen and oxygen atoms in total. The lowest BCUT2D eigenvalue weighted by molar-refractivity contribution is -0.214. The van der Waals surface area contributed by atoms with E-state index < -0.39 is 39.0 Å². The predicted molar refractivity (Wildman–Crippen MR) is 111 cm³/mol. The Balaban J connectivity index is 1.13. The number of fused-ring (bicyclic) bond motifs is 1. The minimum Gasteiger partial charge on any atom is -0.462 e. The summed E-state index contributed by atoms with van der Waals surface area (Å²) in [7, 11) is -5.94. The van der Waals surface area contributed by atoms with Crippen molar-refractivity contribution in [1.82, 2.24) is 0 Å². The number of esters is 3. The molecule has 0 amide bonds. The first kappa shape index (κ1) is 23.6. The van der Waals surface area contributed by atoms with E-state index in [9.17, 15) is 31.6 Å². The van der Waals surface area contributed by atoms with Crippen molar-refractivity contribution < 1.29 is 50.3 Å². The Morgan fingerprint density at radius 3 is 2.46 bits per heavy atom. The van der Waals surface area contributed by atoms with E-state index in [0.29, 0.717) is 32.1 Å². The fraction of sp³-hybridized carbons (Fsp3) is 0.870. The molecular weight excluding hydrogens is 490 g/mol. The normalized spacial score (nSPS) is 45.0. The van der Waals surface area contributed by atoms with E-state index >= 15 is 0 Å². The van der Waals surface area contributed by atoms with Crippen LogP contribution in [0, 0.1) is 40.9 Å². The van der Waals surface area contributed by atoms with Gasteiger partial charge in [-0.3, -0.25) is 14.1 Å². The molecule has 0 aromatic carbocycles. The Kier molecular flexibility index (Phi) is 4.96. The van der Waals surface area contributed by atoms with Gasteiger partial charge in [-0.25, -0.2) is 4.79 Å². The van der Waals surface area contributed by atoms with Gasteiger partial charge >= 0.3 is 33.3 Å². The number of hydrogen-bond acceptors (Lipinski definition) is 8. The number of alkyl halides is 2. The summed E-state index contributed by atoms with van der Waals surface area (Å²) in [6, 6.07) is 0. The Labute approximate surface area is 201 Å². The van der Waals surface area contributed by atoms with Crippen LogP contribution in [0.5, 0.6) is 0 Å². The van der Waals surface area contributed by atoms with Gasteiger partial charge in [0.2, 0.25) is 0 Å². The Morgan fingerprint density at radius 2 is 1.80 bits per heavy atom. The Hall–Kier alpha value is -1.82. The maximum Gasteiger partial charge on any atom is 0.465 e. The van der Waals surface area contributed by atoms with Crippen LogP contribution in [0.2, 0.25) is 0 Å². The molecule has 7 fully saturated rings. The Morgan fingerprint density at radius 1 is 1.11 bits per heavy atom. The van der Waals surface area contributed by atoms with Crippen molar-refractivity contribution in [2.75, 3.05) is 6.61 Å². The first-order valence-corrected chi connectivity index (χ1v) is 13.7. The van der Waals surface area contributed by atoms with Crippen molar-refractivity contribution in [2.24, 2.45) is 40.9 Å². The van der Waals surface area contributed by atoms with Gasteiger partial charge in [0.25, 0.3) is 0 Å². The summed E-state index contributed by atoms with van der Waals surface area (Å²) in [6.45, 7) is -0.422. The standard InChI is InChI=1S/C23H28F2O9S/c24-23(25,35(29,30)31)20(28)32-10-21-5-11-1-12(6-21)8-22(7-11,9-21)34-17(26)4-14-13-2-15-16(3-13)19(27)33-18(14)15/h11-16,18H,1-10H2,(H,29,30,31). The molecule has 1 N–H and O–H groups in total. The summed E-state index contributed by atoms with van der Waals surface area (Å²) in [5, 5.41) is -5.04. The molecule has 7 atom stereocenters. The van der Waals surface area contributed by atoms with Crippen LogP contribution in [0.15, 0.2) is 0 Å². The number of rotatable bonds is 7. The average Bonchev–Trinajstić information content (AvgIpc) is 3.35. The highest BCUT2D eigenvalue weighted by Crippen LogP contribution is 2.63. The first-order chi connectivity index (χ1) is 16.3. The molecule has 6 aliphatic carbocycles. The lowest BCUT2D eigenvalue weighted by Crippen LogP contribution is -2.59. The second kappa shape index (κ2) is 7.36. The molecule has 12 heteroatoms. The van der Waals surface area contributed by atoms with Gasteiger partial charge < -0.3 is 14.2 Å². The van der Waals surface area contributed by atoms with Gasteiger partial charge in [0, 0.05) is 17.3 Å². The van der Waals surface area contributed by atoms with Crippen LogP contribution in [0.4, 0.5) is 8.78 Å². The van der Waals surface area contributed by atoms with Crippen LogP contribution >= 0.6 is 0 Å². The van der Waals surface area contributed by atoms with Crippen LogP contribution < -0.4 is 0 Å². The molecule has 1 saturated heterocycles. The van der Waals surface area contributed by atoms with Crippen LogP contribution in [0.25, 0.3) is 0 Å². The maximum atomic E-state index is 13.7. The van der Waals surface area contributed by atoms with Gasteiger partial charge in [0.1, 0.15) is 11.7 Å². The van der Waals surface area contributed by atoms with Crippen molar-refractivity contribution in [2.45, 2.75) is 74.7 Å². The monoisotopic (exact) mass is 518 g/mol. The summed E-state index contributed by atoms with van der Waals surface area (Å²) in [6.07, 6.45) is 5.41. The van der Waals surface area contributed by atoms with Gasteiger partial charge in [-0.1, -0.05) is 0 Å². The lowest BCUT2D eigenvalue weighted by atomic mass is 9.48. The molecule has 7 aliphatic rings. The molecule has 0 radical (unpaired) electrons. The lowest BCUT2D eigenvalue weighted by Gasteiger charge is -2.60. The molecule has 0 aromatic rings. The van der Waals surface area contributed by atoms with E-state index in [1.807, 2.05) is 0 Å². The predicted octanol–water partition coefficient (Wildman–Crippen LogP) is 2.48. The zero-order chi connectivity index (χ0) is 25.0. The highest BCUT2D eigenvalue weighted by molar-refractivity contribution is 7.87. The third-order valence-electron chi connectivity index (χ3n) is 9.59. The molecule has 0 aromatic heterocycles. The van der Waals surface area contributed by atoms with Gasteiger partial charge in [-0.05, 0) is 69.1 Å². The minimum atomic E-state index is -5.94.